The van der Waals surface area contributed by atoms with E-state index in [0.717, 1.165) is 4.47 Å². The second-order valence-corrected chi connectivity index (χ2v) is 5.99. The van der Waals surface area contributed by atoms with Crippen LogP contribution in [0.5, 0.6) is 0 Å². The summed E-state index contributed by atoms with van der Waals surface area (Å²) >= 11 is 5.08. The summed E-state index contributed by atoms with van der Waals surface area (Å²) in [5, 5.41) is 3.93. The molecule has 2 aromatic rings. The average Bonchev–Trinajstić information content (AvgIpc) is 2.75. The van der Waals surface area contributed by atoms with Crippen molar-refractivity contribution in [1.82, 2.24) is 10.1 Å². The molecule has 0 aliphatic heterocycles. The summed E-state index contributed by atoms with van der Waals surface area (Å²) in [6, 6.07) is 8.17. The van der Waals surface area contributed by atoms with Gasteiger partial charge < -0.3 is 10.3 Å². The van der Waals surface area contributed by atoms with Crippen LogP contribution in [-0.4, -0.2) is 16.2 Å². The molecular formula is C12H14BrN3OS. The van der Waals surface area contributed by atoms with E-state index in [2.05, 4.69) is 38.2 Å². The van der Waals surface area contributed by atoms with Gasteiger partial charge in [0.25, 0.3) is 0 Å². The molecule has 0 fully saturated rings. The minimum Gasteiger partial charge on any atom is -0.339 e. The number of hydrogen-bond acceptors (Lipinski definition) is 5. The first-order valence-electron chi connectivity index (χ1n) is 5.59. The van der Waals surface area contributed by atoms with Crippen molar-refractivity contribution in [3.8, 4) is 0 Å². The van der Waals surface area contributed by atoms with Crippen LogP contribution in [0, 0.1) is 0 Å². The number of aromatic nitrogens is 2. The van der Waals surface area contributed by atoms with E-state index in [1.54, 1.807) is 11.8 Å². The zero-order valence-corrected chi connectivity index (χ0v) is 12.4. The highest BCUT2D eigenvalue weighted by molar-refractivity contribution is 9.10. The molecular weight excluding hydrogens is 314 g/mol. The number of nitrogens with zero attached hydrogens (tertiary/aromatic N) is 2. The van der Waals surface area contributed by atoms with Crippen LogP contribution in [-0.2, 0) is 12.2 Å². The molecule has 18 heavy (non-hydrogen) atoms. The zero-order valence-electron chi connectivity index (χ0n) is 9.97. The largest absolute Gasteiger partial charge is 0.339 e. The molecule has 0 spiro atoms. The maximum atomic E-state index is 5.68. The lowest BCUT2D eigenvalue weighted by atomic mass is 10.2. The number of nitrogens with two attached hydrogens (primary N) is 1. The van der Waals surface area contributed by atoms with Gasteiger partial charge in [-0.25, -0.2) is 0 Å². The van der Waals surface area contributed by atoms with Crippen LogP contribution >= 0.6 is 27.7 Å². The molecule has 2 N–H and O–H groups in total. The second-order valence-electron chi connectivity index (χ2n) is 4.03. The van der Waals surface area contributed by atoms with Gasteiger partial charge in [0.1, 0.15) is 0 Å². The fourth-order valence-electron chi connectivity index (χ4n) is 1.39. The van der Waals surface area contributed by atoms with Crippen molar-refractivity contribution in [2.75, 3.05) is 0 Å². The first-order valence-corrected chi connectivity index (χ1v) is 7.37. The monoisotopic (exact) mass is 327 g/mol. The third-order valence-electron chi connectivity index (χ3n) is 2.19. The molecule has 0 saturated carbocycles. The van der Waals surface area contributed by atoms with Crippen molar-refractivity contribution >= 4 is 27.7 Å². The Morgan fingerprint density at radius 3 is 2.78 bits per heavy atom. The lowest BCUT2D eigenvalue weighted by Gasteiger charge is -1.98. The summed E-state index contributed by atoms with van der Waals surface area (Å²) in [6.07, 6.45) is 0.621. The Morgan fingerprint density at radius 1 is 1.39 bits per heavy atom. The maximum absolute atomic E-state index is 5.68. The summed E-state index contributed by atoms with van der Waals surface area (Å²) in [4.78, 5) is 5.47. The average molecular weight is 328 g/mol. The van der Waals surface area contributed by atoms with E-state index >= 15 is 0 Å². The zero-order chi connectivity index (χ0) is 13.0. The van der Waals surface area contributed by atoms with E-state index in [1.807, 2.05) is 19.1 Å². The molecule has 1 unspecified atom stereocenters. The van der Waals surface area contributed by atoms with Gasteiger partial charge in [-0.2, -0.15) is 4.98 Å². The predicted octanol–water partition coefficient (Wildman–Crippen LogP) is 3.01. The summed E-state index contributed by atoms with van der Waals surface area (Å²) in [5.41, 5.74) is 5.68. The fraction of sp³-hybridized carbons (Fsp3) is 0.333. The minimum atomic E-state index is 0.0393. The quantitative estimate of drug-likeness (QED) is 0.855. The molecule has 1 heterocycles. The van der Waals surface area contributed by atoms with Gasteiger partial charge in [-0.1, -0.05) is 21.1 Å². The van der Waals surface area contributed by atoms with E-state index in [9.17, 15) is 0 Å². The van der Waals surface area contributed by atoms with Gasteiger partial charge >= 0.3 is 0 Å². The maximum Gasteiger partial charge on any atom is 0.228 e. The molecule has 6 heteroatoms. The summed E-state index contributed by atoms with van der Waals surface area (Å²) in [6.45, 7) is 1.92. The van der Waals surface area contributed by atoms with E-state index in [-0.39, 0.29) is 6.04 Å². The number of benzene rings is 1. The Kier molecular flexibility index (Phi) is 4.79. The molecule has 0 aliphatic rings. The first kappa shape index (κ1) is 13.6. The molecule has 0 amide bonds. The molecule has 0 aliphatic carbocycles. The minimum absolute atomic E-state index is 0.0393. The van der Waals surface area contributed by atoms with Gasteiger partial charge in [-0.3, -0.25) is 0 Å². The summed E-state index contributed by atoms with van der Waals surface area (Å²) < 4.78 is 6.20. The third-order valence-corrected chi connectivity index (χ3v) is 3.73. The Morgan fingerprint density at radius 2 is 2.11 bits per heavy atom. The molecule has 2 rings (SSSR count). The van der Waals surface area contributed by atoms with Crippen molar-refractivity contribution < 1.29 is 4.52 Å². The Labute approximate surface area is 118 Å². The molecule has 4 nitrogen and oxygen atoms in total. The van der Waals surface area contributed by atoms with Crippen LogP contribution in [0.15, 0.2) is 38.2 Å². The fourth-order valence-corrected chi connectivity index (χ4v) is 2.39. The summed E-state index contributed by atoms with van der Waals surface area (Å²) in [7, 11) is 0. The first-order chi connectivity index (χ1) is 8.63. The van der Waals surface area contributed by atoms with E-state index in [1.165, 1.54) is 4.90 Å². The lowest BCUT2D eigenvalue weighted by Crippen LogP contribution is -2.17. The molecule has 1 aromatic carbocycles. The molecule has 0 radical (unpaired) electrons. The predicted molar refractivity (Wildman–Crippen MR) is 75.4 cm³/mol. The normalized spacial score (nSPS) is 12.6. The van der Waals surface area contributed by atoms with Gasteiger partial charge in [0.2, 0.25) is 5.89 Å². The highest BCUT2D eigenvalue weighted by Crippen LogP contribution is 2.23. The van der Waals surface area contributed by atoms with Crippen LogP contribution in [0.4, 0.5) is 0 Å². The highest BCUT2D eigenvalue weighted by atomic mass is 79.9. The van der Waals surface area contributed by atoms with E-state index in [4.69, 9.17) is 10.3 Å². The van der Waals surface area contributed by atoms with Gasteiger partial charge in [-0.05, 0) is 31.2 Å². The van der Waals surface area contributed by atoms with Gasteiger partial charge in [0.05, 0.1) is 5.75 Å². The molecule has 96 valence electrons. The second kappa shape index (κ2) is 6.36. The van der Waals surface area contributed by atoms with Crippen molar-refractivity contribution in [2.45, 2.75) is 30.0 Å². The van der Waals surface area contributed by atoms with E-state index < -0.39 is 0 Å². The number of rotatable bonds is 5. The van der Waals surface area contributed by atoms with Crippen LogP contribution in [0.3, 0.4) is 0 Å². The van der Waals surface area contributed by atoms with E-state index in [0.29, 0.717) is 23.9 Å². The third kappa shape index (κ3) is 4.12. The van der Waals surface area contributed by atoms with Crippen molar-refractivity contribution in [1.29, 1.82) is 0 Å². The van der Waals surface area contributed by atoms with Gasteiger partial charge in [0.15, 0.2) is 5.82 Å². The molecule has 0 saturated heterocycles. The highest BCUT2D eigenvalue weighted by Gasteiger charge is 2.08. The van der Waals surface area contributed by atoms with Crippen LogP contribution < -0.4 is 5.73 Å². The Bertz CT molecular complexity index is 498. The lowest BCUT2D eigenvalue weighted by molar-refractivity contribution is 0.368. The Balaban J connectivity index is 1.90. The van der Waals surface area contributed by atoms with Gasteiger partial charge in [0, 0.05) is 21.8 Å². The molecule has 1 atom stereocenters. The standard InChI is InChI=1S/C12H14BrN3OS/c1-8(14)6-12-15-11(16-17-12)7-18-10-4-2-9(13)3-5-10/h2-5,8H,6-7,14H2,1H3. The van der Waals surface area contributed by atoms with Gasteiger partial charge in [-0.15, -0.1) is 11.8 Å². The number of halogens is 1. The number of thioether (sulfide) groups is 1. The Hall–Kier alpha value is -0.850. The van der Waals surface area contributed by atoms with Crippen molar-refractivity contribution in [2.24, 2.45) is 5.73 Å². The number of hydrogen-bond donors (Lipinski definition) is 1. The van der Waals surface area contributed by atoms with Crippen LogP contribution in [0.25, 0.3) is 0 Å². The van der Waals surface area contributed by atoms with Crippen molar-refractivity contribution in [3.05, 3.63) is 40.5 Å². The smallest absolute Gasteiger partial charge is 0.228 e. The molecule has 1 aromatic heterocycles. The summed E-state index contributed by atoms with van der Waals surface area (Å²) in [5.74, 6) is 2.01. The van der Waals surface area contributed by atoms with Crippen LogP contribution in [0.2, 0.25) is 0 Å². The van der Waals surface area contributed by atoms with Crippen molar-refractivity contribution in [3.63, 3.8) is 0 Å². The van der Waals surface area contributed by atoms with Crippen LogP contribution in [0.1, 0.15) is 18.6 Å². The topological polar surface area (TPSA) is 64.9 Å². The molecule has 0 bridgehead atoms. The SMILES string of the molecule is CC(N)Cc1nc(CSc2ccc(Br)cc2)no1.